The van der Waals surface area contributed by atoms with E-state index >= 15 is 0 Å². The van der Waals surface area contributed by atoms with Gasteiger partial charge in [0.15, 0.2) is 0 Å². The van der Waals surface area contributed by atoms with Crippen LogP contribution in [0.25, 0.3) is 0 Å². The fourth-order valence-corrected chi connectivity index (χ4v) is 0. The van der Waals surface area contributed by atoms with Crippen molar-refractivity contribution in [2.75, 3.05) is 0 Å². The van der Waals surface area contributed by atoms with Gasteiger partial charge in [-0.3, -0.25) is 0 Å². The van der Waals surface area contributed by atoms with E-state index in [4.69, 9.17) is 0 Å². The topological polar surface area (TPSA) is 9.23 Å². The van der Waals surface area contributed by atoms with Crippen molar-refractivity contribution in [1.29, 1.82) is 0 Å². The standard InChI is InChI=1S/Ca.Cl2O.Cu/c;1-3-2;/q+2;;+2. The van der Waals surface area contributed by atoms with Crippen LogP contribution in [0.1, 0.15) is 0 Å². The van der Waals surface area contributed by atoms with Crippen molar-refractivity contribution in [3.8, 4) is 0 Å². The van der Waals surface area contributed by atoms with Gasteiger partial charge in [-0.05, 0) is 0 Å². The molecular formula is CaCl2CuO+4. The van der Waals surface area contributed by atoms with Gasteiger partial charge in [-0.2, -0.15) is 3.84 Å². The fraction of sp³-hybridized carbons (Fsp3) is 0. The molecule has 0 aromatic carbocycles. The molecule has 0 spiro atoms. The average molecular weight is 191 g/mol. The summed E-state index contributed by atoms with van der Waals surface area (Å²) in [5.41, 5.74) is 0. The summed E-state index contributed by atoms with van der Waals surface area (Å²) in [5, 5.41) is 0. The molecule has 0 saturated carbocycles. The van der Waals surface area contributed by atoms with Gasteiger partial charge in [0.2, 0.25) is 0 Å². The van der Waals surface area contributed by atoms with Crippen molar-refractivity contribution in [2.24, 2.45) is 0 Å². The van der Waals surface area contributed by atoms with E-state index in [2.05, 4.69) is 27.6 Å². The van der Waals surface area contributed by atoms with Gasteiger partial charge in [0, 0.05) is 0 Å². The molecule has 0 heterocycles. The molecule has 0 aromatic heterocycles. The quantitative estimate of drug-likeness (QED) is 0.517. The molecular weight excluding hydrogens is 191 g/mol. The van der Waals surface area contributed by atoms with Crippen LogP contribution in [-0.4, -0.2) is 37.7 Å². The minimum Gasteiger partial charge on any atom is -0.166 e. The van der Waals surface area contributed by atoms with Crippen LogP contribution in [0.15, 0.2) is 0 Å². The summed E-state index contributed by atoms with van der Waals surface area (Å²) in [7, 11) is 0. The molecule has 0 rings (SSSR count). The second kappa shape index (κ2) is 16.2. The molecule has 0 atom stereocenters. The first kappa shape index (κ1) is 15.7. The molecule has 0 unspecified atom stereocenters. The average Bonchev–Trinajstić information content (AvgIpc) is 0.918. The Kier molecular flexibility index (Phi) is 50.9. The van der Waals surface area contributed by atoms with Gasteiger partial charge in [-0.25, -0.2) is 0 Å². The molecule has 5 heavy (non-hydrogen) atoms. The SMILES string of the molecule is ClOCl.[Ca+2].[Cu+2]. The van der Waals surface area contributed by atoms with E-state index in [0.717, 1.165) is 0 Å². The summed E-state index contributed by atoms with van der Waals surface area (Å²) >= 11 is 8.53. The van der Waals surface area contributed by atoms with Crippen molar-refractivity contribution in [3.05, 3.63) is 0 Å². The van der Waals surface area contributed by atoms with E-state index < -0.39 is 0 Å². The molecule has 0 fully saturated rings. The van der Waals surface area contributed by atoms with Crippen LogP contribution in [0.4, 0.5) is 0 Å². The van der Waals surface area contributed by atoms with Crippen LogP contribution in [0.2, 0.25) is 0 Å². The minimum atomic E-state index is 0. The van der Waals surface area contributed by atoms with Gasteiger partial charge in [0.25, 0.3) is 0 Å². The largest absolute Gasteiger partial charge is 2.00 e. The third-order valence-corrected chi connectivity index (χ3v) is 0. The normalized spacial score (nSPS) is 3.60. The summed E-state index contributed by atoms with van der Waals surface area (Å²) in [4.78, 5) is 0. The van der Waals surface area contributed by atoms with Crippen molar-refractivity contribution < 1.29 is 20.9 Å². The Labute approximate surface area is 81.2 Å². The summed E-state index contributed by atoms with van der Waals surface area (Å²) in [6.07, 6.45) is 0. The van der Waals surface area contributed by atoms with Gasteiger partial charge < -0.3 is 0 Å². The number of hydrogen-bond donors (Lipinski definition) is 0. The number of halogens is 2. The molecule has 0 aliphatic carbocycles. The van der Waals surface area contributed by atoms with Gasteiger partial charge in [0.1, 0.15) is 0 Å². The van der Waals surface area contributed by atoms with E-state index in [9.17, 15) is 0 Å². The van der Waals surface area contributed by atoms with Crippen LogP contribution in [0.5, 0.6) is 0 Å². The molecule has 0 saturated heterocycles. The molecule has 0 N–H and O–H groups in total. The first-order valence-corrected chi connectivity index (χ1v) is 0.926. The Morgan fingerprint density at radius 1 is 1.20 bits per heavy atom. The molecule has 0 amide bonds. The monoisotopic (exact) mass is 189 g/mol. The van der Waals surface area contributed by atoms with Crippen molar-refractivity contribution in [3.63, 3.8) is 0 Å². The zero-order valence-corrected chi connectivity index (χ0v) is 6.83. The van der Waals surface area contributed by atoms with Crippen LogP contribution >= 0.6 is 23.7 Å². The van der Waals surface area contributed by atoms with E-state index in [1.54, 1.807) is 0 Å². The zero-order valence-electron chi connectivity index (χ0n) is 2.17. The Hall–Kier alpha value is 2.32. The molecule has 1 nitrogen and oxygen atoms in total. The second-order valence-electron chi connectivity index (χ2n) is 0.0583. The maximum atomic E-state index is 4.26. The van der Waals surface area contributed by atoms with E-state index in [1.807, 2.05) is 0 Å². The maximum Gasteiger partial charge on any atom is 2.00 e. The predicted molar refractivity (Wildman–Crippen MR) is 18.5 cm³/mol. The predicted octanol–water partition coefficient (Wildman–Crippen LogP) is 0.927. The molecule has 0 aliphatic heterocycles. The Morgan fingerprint density at radius 2 is 1.20 bits per heavy atom. The van der Waals surface area contributed by atoms with Gasteiger partial charge in [0.05, 0.1) is 23.7 Å². The van der Waals surface area contributed by atoms with E-state index in [1.165, 1.54) is 0 Å². The second-order valence-corrected chi connectivity index (χ2v) is 0.525. The van der Waals surface area contributed by atoms with Crippen molar-refractivity contribution in [2.45, 2.75) is 0 Å². The maximum absolute atomic E-state index is 4.26. The Balaban J connectivity index is -0.0000000200. The summed E-state index contributed by atoms with van der Waals surface area (Å²) in [6.45, 7) is 0. The van der Waals surface area contributed by atoms with Crippen LogP contribution < -0.4 is 0 Å². The third-order valence-electron chi connectivity index (χ3n) is 0. The van der Waals surface area contributed by atoms with Crippen LogP contribution in [0.3, 0.4) is 0 Å². The minimum absolute atomic E-state index is 0. The molecule has 0 bridgehead atoms. The Morgan fingerprint density at radius 3 is 1.20 bits per heavy atom. The first-order valence-electron chi connectivity index (χ1n) is 0.309. The zero-order chi connectivity index (χ0) is 2.71. The van der Waals surface area contributed by atoms with Crippen LogP contribution in [0, 0.1) is 0 Å². The van der Waals surface area contributed by atoms with Gasteiger partial charge in [-0.1, -0.05) is 0 Å². The number of hydrogen-bond acceptors (Lipinski definition) is 1. The van der Waals surface area contributed by atoms with E-state index in [-0.39, 0.29) is 54.8 Å². The van der Waals surface area contributed by atoms with Gasteiger partial charge >= 0.3 is 54.8 Å². The molecule has 1 radical (unpaired) electrons. The summed E-state index contributed by atoms with van der Waals surface area (Å²) < 4.78 is 3.19. The molecule has 0 aromatic rings. The molecule has 5 heteroatoms. The molecule has 29 valence electrons. The first-order chi connectivity index (χ1) is 1.41. The third kappa shape index (κ3) is 21.9. The smallest absolute Gasteiger partial charge is 0.166 e. The van der Waals surface area contributed by atoms with Crippen molar-refractivity contribution >= 4 is 61.5 Å². The van der Waals surface area contributed by atoms with Gasteiger partial charge in [-0.15, -0.1) is 0 Å². The Bertz CT molecular complexity index is 9.61. The van der Waals surface area contributed by atoms with E-state index in [0.29, 0.717) is 0 Å². The van der Waals surface area contributed by atoms with Crippen molar-refractivity contribution in [1.82, 2.24) is 0 Å². The number of rotatable bonds is 0. The molecule has 0 aliphatic rings. The van der Waals surface area contributed by atoms with Crippen LogP contribution in [-0.2, 0) is 20.9 Å². The summed E-state index contributed by atoms with van der Waals surface area (Å²) in [5.74, 6) is 0. The summed E-state index contributed by atoms with van der Waals surface area (Å²) in [6, 6.07) is 0. The fourth-order valence-electron chi connectivity index (χ4n) is 0.